The Labute approximate surface area is 88.4 Å². The van der Waals surface area contributed by atoms with Crippen molar-refractivity contribution in [3.63, 3.8) is 0 Å². The number of methoxy groups -OCH3 is 1. The van der Waals surface area contributed by atoms with Crippen LogP contribution in [0.3, 0.4) is 0 Å². The normalized spacial score (nSPS) is 12.6. The van der Waals surface area contributed by atoms with Crippen molar-refractivity contribution in [2.24, 2.45) is 5.73 Å². The highest BCUT2D eigenvalue weighted by Gasteiger charge is 2.10. The van der Waals surface area contributed by atoms with E-state index >= 15 is 0 Å². The van der Waals surface area contributed by atoms with Crippen LogP contribution in [0.15, 0.2) is 18.2 Å². The van der Waals surface area contributed by atoms with Crippen molar-refractivity contribution in [3.8, 4) is 5.75 Å². The summed E-state index contributed by atoms with van der Waals surface area (Å²) in [5.41, 5.74) is 6.04. The average molecular weight is 216 g/mol. The van der Waals surface area contributed by atoms with Gasteiger partial charge in [-0.1, -0.05) is 17.7 Å². The topological polar surface area (TPSA) is 55.5 Å². The summed E-state index contributed by atoms with van der Waals surface area (Å²) in [4.78, 5) is 0. The van der Waals surface area contributed by atoms with Crippen LogP contribution in [0.2, 0.25) is 5.02 Å². The molecule has 0 bridgehead atoms. The highest BCUT2D eigenvalue weighted by Crippen LogP contribution is 2.28. The molecular weight excluding hydrogens is 202 g/mol. The molecule has 0 amide bonds. The van der Waals surface area contributed by atoms with E-state index in [2.05, 4.69) is 0 Å². The van der Waals surface area contributed by atoms with E-state index in [4.69, 9.17) is 22.1 Å². The van der Waals surface area contributed by atoms with Gasteiger partial charge in [0.2, 0.25) is 0 Å². The Bertz CT molecular complexity index is 304. The van der Waals surface area contributed by atoms with Crippen LogP contribution in [0.5, 0.6) is 5.75 Å². The zero-order chi connectivity index (χ0) is 10.6. The van der Waals surface area contributed by atoms with E-state index < -0.39 is 6.10 Å². The summed E-state index contributed by atoms with van der Waals surface area (Å²) < 4.78 is 5.00. The molecule has 0 fully saturated rings. The molecule has 0 radical (unpaired) electrons. The van der Waals surface area contributed by atoms with Gasteiger partial charge in [-0.25, -0.2) is 0 Å². The summed E-state index contributed by atoms with van der Waals surface area (Å²) in [6.07, 6.45) is -0.0927. The number of benzene rings is 1. The van der Waals surface area contributed by atoms with Gasteiger partial charge in [-0.3, -0.25) is 0 Å². The third-order valence-electron chi connectivity index (χ3n) is 2.01. The SMILES string of the molecule is COc1ccc(C(O)CCN)c(Cl)c1. The summed E-state index contributed by atoms with van der Waals surface area (Å²) in [5.74, 6) is 0.679. The summed E-state index contributed by atoms with van der Waals surface area (Å²) in [6, 6.07) is 5.19. The van der Waals surface area contributed by atoms with E-state index in [0.717, 1.165) is 0 Å². The fourth-order valence-electron chi connectivity index (χ4n) is 1.22. The van der Waals surface area contributed by atoms with Crippen LogP contribution in [0, 0.1) is 0 Å². The Kier molecular flexibility index (Phi) is 4.20. The maximum Gasteiger partial charge on any atom is 0.120 e. The van der Waals surface area contributed by atoms with Gasteiger partial charge in [0, 0.05) is 0 Å². The third kappa shape index (κ3) is 2.61. The van der Waals surface area contributed by atoms with Crippen LogP contribution in [0.1, 0.15) is 18.1 Å². The van der Waals surface area contributed by atoms with Gasteiger partial charge in [-0.15, -0.1) is 0 Å². The fourth-order valence-corrected chi connectivity index (χ4v) is 1.51. The monoisotopic (exact) mass is 215 g/mol. The van der Waals surface area contributed by atoms with Crippen molar-refractivity contribution in [2.75, 3.05) is 13.7 Å². The lowest BCUT2D eigenvalue weighted by atomic mass is 10.1. The molecule has 1 aromatic carbocycles. The highest BCUT2D eigenvalue weighted by atomic mass is 35.5. The number of hydrogen-bond acceptors (Lipinski definition) is 3. The van der Waals surface area contributed by atoms with Crippen molar-refractivity contribution < 1.29 is 9.84 Å². The predicted octanol–water partition coefficient (Wildman–Crippen LogP) is 1.73. The largest absolute Gasteiger partial charge is 0.497 e. The van der Waals surface area contributed by atoms with Crippen LogP contribution in [0.25, 0.3) is 0 Å². The third-order valence-corrected chi connectivity index (χ3v) is 2.33. The molecule has 14 heavy (non-hydrogen) atoms. The molecule has 1 rings (SSSR count). The molecule has 0 aromatic heterocycles. The van der Waals surface area contributed by atoms with E-state index in [9.17, 15) is 5.11 Å². The number of aliphatic hydroxyl groups excluding tert-OH is 1. The van der Waals surface area contributed by atoms with Crippen molar-refractivity contribution >= 4 is 11.6 Å². The highest BCUT2D eigenvalue weighted by molar-refractivity contribution is 6.31. The van der Waals surface area contributed by atoms with Crippen LogP contribution >= 0.6 is 11.6 Å². The molecule has 3 N–H and O–H groups in total. The van der Waals surface area contributed by atoms with E-state index in [1.165, 1.54) is 0 Å². The van der Waals surface area contributed by atoms with Gasteiger partial charge in [-0.05, 0) is 30.7 Å². The van der Waals surface area contributed by atoms with Crippen LogP contribution in [0.4, 0.5) is 0 Å². The van der Waals surface area contributed by atoms with Gasteiger partial charge in [-0.2, -0.15) is 0 Å². The Morgan fingerprint density at radius 3 is 2.79 bits per heavy atom. The number of aliphatic hydroxyl groups is 1. The maximum absolute atomic E-state index is 9.66. The Morgan fingerprint density at radius 1 is 1.57 bits per heavy atom. The minimum absolute atomic E-state index is 0.434. The Hall–Kier alpha value is -0.770. The first-order valence-electron chi connectivity index (χ1n) is 4.40. The lowest BCUT2D eigenvalue weighted by molar-refractivity contribution is 0.170. The Morgan fingerprint density at radius 2 is 2.29 bits per heavy atom. The first kappa shape index (κ1) is 11.3. The minimum Gasteiger partial charge on any atom is -0.497 e. The first-order valence-corrected chi connectivity index (χ1v) is 4.78. The molecule has 0 heterocycles. The van der Waals surface area contributed by atoms with E-state index in [-0.39, 0.29) is 0 Å². The van der Waals surface area contributed by atoms with Gasteiger partial charge in [0.25, 0.3) is 0 Å². The molecule has 3 nitrogen and oxygen atoms in total. The van der Waals surface area contributed by atoms with Crippen LogP contribution < -0.4 is 10.5 Å². The van der Waals surface area contributed by atoms with Gasteiger partial charge in [0.1, 0.15) is 5.75 Å². The quantitative estimate of drug-likeness (QED) is 0.805. The van der Waals surface area contributed by atoms with Crippen molar-refractivity contribution in [1.82, 2.24) is 0 Å². The molecule has 0 aliphatic heterocycles. The molecule has 0 saturated heterocycles. The van der Waals surface area contributed by atoms with Gasteiger partial charge in [0.05, 0.1) is 18.2 Å². The van der Waals surface area contributed by atoms with Crippen LogP contribution in [-0.4, -0.2) is 18.8 Å². The van der Waals surface area contributed by atoms with Crippen molar-refractivity contribution in [2.45, 2.75) is 12.5 Å². The summed E-state index contributed by atoms with van der Waals surface area (Å²) in [7, 11) is 1.57. The lowest BCUT2D eigenvalue weighted by Crippen LogP contribution is -2.07. The van der Waals surface area contributed by atoms with Crippen LogP contribution in [-0.2, 0) is 0 Å². The molecule has 1 atom stereocenters. The smallest absolute Gasteiger partial charge is 0.120 e. The van der Waals surface area contributed by atoms with Gasteiger partial charge in [0.15, 0.2) is 0 Å². The number of rotatable bonds is 4. The maximum atomic E-state index is 9.66. The van der Waals surface area contributed by atoms with Crippen molar-refractivity contribution in [3.05, 3.63) is 28.8 Å². The zero-order valence-electron chi connectivity index (χ0n) is 8.03. The summed E-state index contributed by atoms with van der Waals surface area (Å²) in [6.45, 7) is 0.434. The number of hydrogen-bond donors (Lipinski definition) is 2. The molecule has 0 spiro atoms. The molecule has 1 aromatic rings. The first-order chi connectivity index (χ1) is 6.69. The molecule has 0 aliphatic carbocycles. The van der Waals surface area contributed by atoms with Crippen molar-refractivity contribution in [1.29, 1.82) is 0 Å². The second-order valence-electron chi connectivity index (χ2n) is 2.98. The van der Waals surface area contributed by atoms with E-state index in [1.807, 2.05) is 0 Å². The van der Waals surface area contributed by atoms with E-state index in [1.54, 1.807) is 25.3 Å². The van der Waals surface area contributed by atoms with Gasteiger partial charge >= 0.3 is 0 Å². The number of nitrogens with two attached hydrogens (primary N) is 1. The van der Waals surface area contributed by atoms with E-state index in [0.29, 0.717) is 29.3 Å². The second-order valence-corrected chi connectivity index (χ2v) is 3.39. The molecular formula is C10H14ClNO2. The molecule has 0 aliphatic rings. The second kappa shape index (κ2) is 5.20. The average Bonchev–Trinajstić information content (AvgIpc) is 2.17. The predicted molar refractivity (Wildman–Crippen MR) is 56.6 cm³/mol. The number of ether oxygens (including phenoxy) is 1. The minimum atomic E-state index is -0.599. The molecule has 1 unspecified atom stereocenters. The molecule has 4 heteroatoms. The molecule has 78 valence electrons. The fraction of sp³-hybridized carbons (Fsp3) is 0.400. The summed E-state index contributed by atoms with van der Waals surface area (Å²) >= 11 is 5.96. The number of halogens is 1. The zero-order valence-corrected chi connectivity index (χ0v) is 8.79. The molecule has 0 saturated carbocycles. The van der Waals surface area contributed by atoms with Gasteiger partial charge < -0.3 is 15.6 Å². The standard InChI is InChI=1S/C10H14ClNO2/c1-14-7-2-3-8(9(11)6-7)10(13)4-5-12/h2-3,6,10,13H,4-5,12H2,1H3. The Balaban J connectivity index is 2.88. The summed E-state index contributed by atoms with van der Waals surface area (Å²) in [5, 5.41) is 10.2. The lowest BCUT2D eigenvalue weighted by Gasteiger charge is -2.12.